The summed E-state index contributed by atoms with van der Waals surface area (Å²) in [6.07, 6.45) is -3.83. The molecule has 12 heteroatoms. The molecular formula is C33H46N3O9+. The van der Waals surface area contributed by atoms with Gasteiger partial charge in [-0.15, -0.1) is 0 Å². The second-order valence-corrected chi connectivity index (χ2v) is 13.2. The van der Waals surface area contributed by atoms with Crippen molar-refractivity contribution >= 4 is 29.8 Å². The number of nitrogens with two attached hydrogens (primary N) is 1. The van der Waals surface area contributed by atoms with E-state index in [0.717, 1.165) is 11.1 Å². The molecule has 0 aromatic heterocycles. The lowest BCUT2D eigenvalue weighted by Crippen LogP contribution is -2.68. The molecule has 0 fully saturated rings. The molecule has 0 aliphatic rings. The van der Waals surface area contributed by atoms with Crippen molar-refractivity contribution in [3.63, 3.8) is 0 Å². The van der Waals surface area contributed by atoms with Gasteiger partial charge >= 0.3 is 30.2 Å². The van der Waals surface area contributed by atoms with E-state index in [-0.39, 0.29) is 16.1 Å². The van der Waals surface area contributed by atoms with E-state index >= 15 is 0 Å². The number of imide groups is 1. The van der Waals surface area contributed by atoms with Gasteiger partial charge in [0, 0.05) is 11.1 Å². The van der Waals surface area contributed by atoms with E-state index in [9.17, 15) is 24.0 Å². The molecule has 0 aliphatic carbocycles. The number of nitrogens with zero attached hydrogens (tertiary/aromatic N) is 2. The first-order valence-electron chi connectivity index (χ1n) is 14.5. The number of quaternary nitrogens is 1. The smallest absolute Gasteiger partial charge is 0.448 e. The molecule has 0 bridgehead atoms. The molecule has 0 saturated heterocycles. The Morgan fingerprint density at radius 2 is 1.42 bits per heavy atom. The van der Waals surface area contributed by atoms with Gasteiger partial charge in [0.05, 0.1) is 18.1 Å². The van der Waals surface area contributed by atoms with E-state index in [4.69, 9.17) is 24.9 Å². The third-order valence-corrected chi connectivity index (χ3v) is 7.10. The average molecular weight is 629 g/mol. The molecule has 2 N–H and O–H groups in total. The van der Waals surface area contributed by atoms with Gasteiger partial charge < -0.3 is 14.2 Å². The third kappa shape index (κ3) is 8.06. The van der Waals surface area contributed by atoms with Crippen molar-refractivity contribution in [1.82, 2.24) is 5.01 Å². The van der Waals surface area contributed by atoms with Crippen molar-refractivity contribution in [2.45, 2.75) is 94.0 Å². The van der Waals surface area contributed by atoms with Gasteiger partial charge in [-0.1, -0.05) is 16.8 Å². The molecule has 45 heavy (non-hydrogen) atoms. The first-order valence-corrected chi connectivity index (χ1v) is 14.5. The number of methoxy groups -OCH3 is 1. The van der Waals surface area contributed by atoms with Crippen LogP contribution < -0.4 is 10.6 Å². The topological polar surface area (TPSA) is 152 Å². The second-order valence-electron chi connectivity index (χ2n) is 13.2. The highest BCUT2D eigenvalue weighted by Crippen LogP contribution is 2.34. The van der Waals surface area contributed by atoms with Crippen LogP contribution in [0.1, 0.15) is 92.8 Å². The molecule has 2 rings (SSSR count). The fourth-order valence-electron chi connectivity index (χ4n) is 4.90. The standard InChI is InChI=1S/C33H46N3O9/c1-19(2)36(33(9,10)11,27(38)23-17-20(3)16-21(4)18-23)45-28(39)29(43-30(40)32(6,7)8)44-31(41)35(34)26(37)24-14-13-15-25(42-12)22(24)5/h13-19,29H,34H2,1-12H3/q+1. The van der Waals surface area contributed by atoms with Gasteiger partial charge in [-0.25, -0.2) is 20.2 Å². The van der Waals surface area contributed by atoms with Crippen LogP contribution in [0.25, 0.3) is 0 Å². The Morgan fingerprint density at radius 1 is 0.867 bits per heavy atom. The molecule has 0 aliphatic heterocycles. The summed E-state index contributed by atoms with van der Waals surface area (Å²) < 4.78 is 14.9. The Hall–Kier alpha value is -4.29. The van der Waals surface area contributed by atoms with Crippen LogP contribution in [-0.2, 0) is 23.9 Å². The number of amides is 3. The summed E-state index contributed by atoms with van der Waals surface area (Å²) in [7, 11) is 1.42. The normalized spacial score (nSPS) is 13.7. The number of aryl methyl sites for hydroxylation is 2. The van der Waals surface area contributed by atoms with Gasteiger partial charge in [0.2, 0.25) is 0 Å². The number of hydrogen-bond donors (Lipinski definition) is 1. The number of hydrazine groups is 1. The predicted octanol–water partition coefficient (Wildman–Crippen LogP) is 5.31. The average Bonchev–Trinajstić information content (AvgIpc) is 2.92. The van der Waals surface area contributed by atoms with Crippen molar-refractivity contribution in [2.24, 2.45) is 11.3 Å². The van der Waals surface area contributed by atoms with E-state index in [2.05, 4.69) is 0 Å². The van der Waals surface area contributed by atoms with Crippen LogP contribution in [0.3, 0.4) is 0 Å². The lowest BCUT2D eigenvalue weighted by Gasteiger charge is -2.44. The number of benzene rings is 2. The highest BCUT2D eigenvalue weighted by atomic mass is 16.8. The maximum absolute atomic E-state index is 14.3. The Labute approximate surface area is 264 Å². The van der Waals surface area contributed by atoms with Crippen molar-refractivity contribution in [1.29, 1.82) is 0 Å². The van der Waals surface area contributed by atoms with E-state index in [0.29, 0.717) is 11.3 Å². The summed E-state index contributed by atoms with van der Waals surface area (Å²) in [6, 6.07) is 9.19. The monoisotopic (exact) mass is 628 g/mol. The zero-order valence-electron chi connectivity index (χ0n) is 28.3. The summed E-state index contributed by atoms with van der Waals surface area (Å²) in [4.78, 5) is 73.3. The second kappa shape index (κ2) is 13.8. The van der Waals surface area contributed by atoms with E-state index in [1.165, 1.54) is 40.0 Å². The van der Waals surface area contributed by atoms with Crippen LogP contribution in [0.4, 0.5) is 4.79 Å². The largest absolute Gasteiger partial charge is 0.496 e. The first-order chi connectivity index (χ1) is 20.6. The van der Waals surface area contributed by atoms with Crippen molar-refractivity contribution in [3.05, 3.63) is 64.2 Å². The lowest BCUT2D eigenvalue weighted by atomic mass is 9.97. The van der Waals surface area contributed by atoms with Gasteiger partial charge in [-0.05, 0) is 112 Å². The molecule has 3 amide bonds. The zero-order chi connectivity index (χ0) is 34.7. The van der Waals surface area contributed by atoms with Gasteiger partial charge in [-0.2, -0.15) is 5.01 Å². The van der Waals surface area contributed by atoms with E-state index in [1.807, 2.05) is 19.9 Å². The fraction of sp³-hybridized carbons (Fsp3) is 0.485. The number of esters is 1. The minimum atomic E-state index is -2.32. The van der Waals surface area contributed by atoms with Crippen LogP contribution in [-0.4, -0.2) is 64.5 Å². The highest BCUT2D eigenvalue weighted by molar-refractivity contribution is 6.04. The number of rotatable bonds is 7. The summed E-state index contributed by atoms with van der Waals surface area (Å²) in [5.41, 5.74) is 0.177. The van der Waals surface area contributed by atoms with E-state index in [1.54, 1.807) is 59.7 Å². The summed E-state index contributed by atoms with van der Waals surface area (Å²) in [6.45, 7) is 18.4. The third-order valence-electron chi connectivity index (χ3n) is 7.10. The number of carbonyl (C=O) groups excluding carboxylic acids is 5. The molecule has 2 atom stereocenters. The molecule has 0 saturated carbocycles. The Kier molecular flexibility index (Phi) is 11.3. The van der Waals surface area contributed by atoms with Gasteiger partial charge in [0.1, 0.15) is 17.3 Å². The summed E-state index contributed by atoms with van der Waals surface area (Å²) in [5.74, 6) is 2.41. The van der Waals surface area contributed by atoms with Crippen LogP contribution in [0.2, 0.25) is 0 Å². The number of ether oxygens (including phenoxy) is 3. The number of hydroxylamine groups is 3. The SMILES string of the molecule is COc1cccc(C(=O)N(N)C(=O)OC(OC(=O)C(C)(C)C)C(=O)O[N+](C(=O)c2cc(C)cc(C)c2)(C(C)C)C(C)(C)C)c1C. The van der Waals surface area contributed by atoms with Crippen LogP contribution in [0, 0.1) is 26.2 Å². The zero-order valence-corrected chi connectivity index (χ0v) is 28.3. The predicted molar refractivity (Wildman–Crippen MR) is 165 cm³/mol. The van der Waals surface area contributed by atoms with E-state index < -0.39 is 57.8 Å². The van der Waals surface area contributed by atoms with Crippen LogP contribution in [0.15, 0.2) is 36.4 Å². The first kappa shape index (κ1) is 36.9. The van der Waals surface area contributed by atoms with Crippen LogP contribution >= 0.6 is 0 Å². The van der Waals surface area contributed by atoms with Gasteiger partial charge in [-0.3, -0.25) is 14.4 Å². The Balaban J connectivity index is 2.57. The Bertz CT molecular complexity index is 1450. The molecular weight excluding hydrogens is 582 g/mol. The molecule has 0 spiro atoms. The molecule has 2 unspecified atom stereocenters. The number of carbonyl (C=O) groups is 5. The molecule has 2 aromatic carbocycles. The molecule has 0 heterocycles. The molecule has 2 aromatic rings. The minimum absolute atomic E-state index is 0.0295. The van der Waals surface area contributed by atoms with Crippen molar-refractivity contribution in [2.75, 3.05) is 7.11 Å². The maximum atomic E-state index is 14.3. The van der Waals surface area contributed by atoms with Crippen LogP contribution in [0.5, 0.6) is 5.75 Å². The summed E-state index contributed by atoms with van der Waals surface area (Å²) >= 11 is 0. The quantitative estimate of drug-likeness (QED) is 0.107. The molecule has 0 radical (unpaired) electrons. The highest BCUT2D eigenvalue weighted by Gasteiger charge is 2.57. The summed E-state index contributed by atoms with van der Waals surface area (Å²) in [5, 5.41) is 0.141. The maximum Gasteiger partial charge on any atom is 0.448 e. The Morgan fingerprint density at radius 3 is 1.89 bits per heavy atom. The molecule has 12 nitrogen and oxygen atoms in total. The van der Waals surface area contributed by atoms with Gasteiger partial charge in [0.15, 0.2) is 0 Å². The number of hydrogen-bond acceptors (Lipinski definition) is 10. The van der Waals surface area contributed by atoms with Gasteiger partial charge in [0.25, 0.3) is 5.91 Å². The van der Waals surface area contributed by atoms with Crippen molar-refractivity contribution in [3.8, 4) is 5.75 Å². The molecule has 246 valence electrons. The van der Waals surface area contributed by atoms with Crippen molar-refractivity contribution < 1.29 is 47.7 Å². The lowest BCUT2D eigenvalue weighted by molar-refractivity contribution is -1.07. The minimum Gasteiger partial charge on any atom is -0.496 e. The fourth-order valence-corrected chi connectivity index (χ4v) is 4.90.